The fraction of sp³-hybridized carbons (Fsp3) is 0.839. The molecule has 4 aliphatic rings. The number of esters is 1. The molecule has 4 aliphatic heterocycles. The van der Waals surface area contributed by atoms with E-state index in [4.69, 9.17) is 37.9 Å². The van der Waals surface area contributed by atoms with Crippen LogP contribution in [0.1, 0.15) is 131 Å². The van der Waals surface area contributed by atoms with Crippen LogP contribution in [0.25, 0.3) is 0 Å². The summed E-state index contributed by atoms with van der Waals surface area (Å²) >= 11 is 0. The second-order valence-corrected chi connectivity index (χ2v) is 23.6. The average Bonchev–Trinajstić information content (AvgIpc) is 3.88. The number of halogens is 1. The fourth-order valence-corrected chi connectivity index (χ4v) is 12.4. The van der Waals surface area contributed by atoms with E-state index in [0.717, 1.165) is 37.2 Å². The second-order valence-electron chi connectivity index (χ2n) is 23.6. The number of cyclic esters (lactones) is 1. The molecule has 0 aliphatic carbocycles. The van der Waals surface area contributed by atoms with Crippen LogP contribution < -0.4 is 10.1 Å². The molecule has 21 heteroatoms. The molecule has 4 saturated heterocycles. The smallest absolute Gasteiger partial charge is 0.311 e. The van der Waals surface area contributed by atoms with Crippen molar-refractivity contribution in [1.29, 1.82) is 0 Å². The Morgan fingerprint density at radius 2 is 1.64 bits per heavy atom. The minimum atomic E-state index is -1.85. The average molecular weight is 1100 g/mol. The molecule has 20 atom stereocenters. The number of nitrogens with one attached hydrogen (secondary N) is 1. The first-order valence-electron chi connectivity index (χ1n) is 28.0. The minimum absolute atomic E-state index is 0.0849. The van der Waals surface area contributed by atoms with Gasteiger partial charge in [0.1, 0.15) is 60.7 Å². The third kappa shape index (κ3) is 15.1. The number of aromatic nitrogens is 3. The molecule has 0 spiro atoms. The molecule has 6 rings (SSSR count). The number of aliphatic hydroxyl groups excluding tert-OH is 3. The van der Waals surface area contributed by atoms with Crippen molar-refractivity contribution in [2.75, 3.05) is 61.2 Å². The number of hydrogen-bond donors (Lipinski definition) is 6. The van der Waals surface area contributed by atoms with E-state index in [1.54, 1.807) is 61.8 Å². The van der Waals surface area contributed by atoms with Crippen LogP contribution in [0.2, 0.25) is 0 Å². The number of hydrogen-bond acceptors (Lipinski definition) is 19. The van der Waals surface area contributed by atoms with Gasteiger partial charge in [0.2, 0.25) is 0 Å². The Labute approximate surface area is 456 Å². The molecule has 1 aromatic carbocycles. The lowest BCUT2D eigenvalue weighted by molar-refractivity contribution is -0.318. The van der Waals surface area contributed by atoms with Gasteiger partial charge in [-0.15, -0.1) is 5.10 Å². The Morgan fingerprint density at radius 3 is 2.26 bits per heavy atom. The topological polar surface area (TPSA) is 241 Å². The normalized spacial score (nSPS) is 39.6. The lowest BCUT2D eigenvalue weighted by Crippen LogP contribution is -2.61. The zero-order valence-corrected chi connectivity index (χ0v) is 48.3. The number of benzene rings is 1. The second kappa shape index (κ2) is 27.2. The Hall–Kier alpha value is -3.00. The van der Waals surface area contributed by atoms with Gasteiger partial charge in [-0.3, -0.25) is 4.79 Å². The highest BCUT2D eigenvalue weighted by atomic mass is 19.1. The van der Waals surface area contributed by atoms with Gasteiger partial charge in [-0.05, 0) is 131 Å². The van der Waals surface area contributed by atoms with Crippen molar-refractivity contribution in [2.45, 2.75) is 223 Å². The van der Waals surface area contributed by atoms with Crippen LogP contribution in [0, 0.1) is 17.8 Å². The summed E-state index contributed by atoms with van der Waals surface area (Å²) in [5, 5.41) is 72.0. The SMILES string of the molecule is CC[C@H]1OC(=O)[C@H](C)[C@@H](O[C@H]2C[C@@](C)(OC)[C@@H](O)[C@H](C)O2)[C@H](C)[C@@H](O[C@@H]2O[C@H](C)C[C@H](N(C)CCc3cn([C@H](CF)[C@H](OC)c4ccc(OC5CCNCC5)cc4)nn3)[C@H]2O)[C@](C)(O)C[C@@H](C)CN(C)[C@H](C)[C@@H](O)[C@]1(C)O. The van der Waals surface area contributed by atoms with Crippen molar-refractivity contribution in [3.63, 3.8) is 0 Å². The van der Waals surface area contributed by atoms with E-state index < -0.39 is 127 Å². The van der Waals surface area contributed by atoms with E-state index in [1.165, 1.54) is 18.7 Å². The van der Waals surface area contributed by atoms with Gasteiger partial charge in [-0.2, -0.15) is 0 Å². The zero-order chi connectivity index (χ0) is 56.7. The van der Waals surface area contributed by atoms with Crippen molar-refractivity contribution in [3.8, 4) is 5.75 Å². The van der Waals surface area contributed by atoms with Gasteiger partial charge in [0, 0.05) is 64.3 Å². The number of aliphatic hydroxyl groups is 5. The molecule has 0 radical (unpaired) electrons. The van der Waals surface area contributed by atoms with Gasteiger partial charge in [0.05, 0.1) is 47.2 Å². The van der Waals surface area contributed by atoms with Gasteiger partial charge < -0.3 is 78.5 Å². The van der Waals surface area contributed by atoms with E-state index in [1.807, 2.05) is 62.0 Å². The minimum Gasteiger partial charge on any atom is -0.490 e. The van der Waals surface area contributed by atoms with Crippen LogP contribution in [-0.4, -0.2) is 214 Å². The molecule has 0 saturated carbocycles. The maximum Gasteiger partial charge on any atom is 0.311 e. The van der Waals surface area contributed by atoms with Crippen LogP contribution in [0.15, 0.2) is 30.5 Å². The Balaban J connectivity index is 1.24. The summed E-state index contributed by atoms with van der Waals surface area (Å²) in [6.07, 6.45) is -5.95. The fourth-order valence-electron chi connectivity index (χ4n) is 12.4. The van der Waals surface area contributed by atoms with Crippen LogP contribution in [-0.2, 0) is 44.4 Å². The first-order chi connectivity index (χ1) is 36.3. The molecule has 0 unspecified atom stereocenters. The highest BCUT2D eigenvalue weighted by molar-refractivity contribution is 5.73. The summed E-state index contributed by atoms with van der Waals surface area (Å²) in [5.41, 5.74) is -3.20. The molecule has 440 valence electrons. The number of carbonyl (C=O) groups excluding carboxylic acids is 1. The number of methoxy groups -OCH3 is 2. The molecule has 2 aromatic rings. The number of ether oxygens (including phenoxy) is 8. The maximum atomic E-state index is 14.9. The summed E-state index contributed by atoms with van der Waals surface area (Å²) in [6.45, 7) is 19.4. The lowest BCUT2D eigenvalue weighted by atomic mass is 9.77. The van der Waals surface area contributed by atoms with Crippen LogP contribution in [0.3, 0.4) is 0 Å². The van der Waals surface area contributed by atoms with Crippen LogP contribution in [0.4, 0.5) is 4.39 Å². The predicted octanol–water partition coefficient (Wildman–Crippen LogP) is 4.13. The first kappa shape index (κ1) is 63.2. The van der Waals surface area contributed by atoms with E-state index in [9.17, 15) is 34.7 Å². The monoisotopic (exact) mass is 1090 g/mol. The molecule has 20 nitrogen and oxygen atoms in total. The van der Waals surface area contributed by atoms with E-state index in [0.29, 0.717) is 31.6 Å². The molecule has 0 bridgehead atoms. The van der Waals surface area contributed by atoms with E-state index in [2.05, 4.69) is 15.6 Å². The first-order valence-corrected chi connectivity index (χ1v) is 28.0. The number of rotatable bonds is 17. The molecule has 0 amide bonds. The van der Waals surface area contributed by atoms with Gasteiger partial charge in [0.25, 0.3) is 0 Å². The summed E-state index contributed by atoms with van der Waals surface area (Å²) in [7, 11) is 6.77. The third-order valence-electron chi connectivity index (χ3n) is 17.3. The summed E-state index contributed by atoms with van der Waals surface area (Å²) in [4.78, 5) is 18.5. The van der Waals surface area contributed by atoms with Crippen molar-refractivity contribution >= 4 is 5.97 Å². The Kier molecular flexibility index (Phi) is 22.3. The highest BCUT2D eigenvalue weighted by Crippen LogP contribution is 2.41. The molecule has 5 heterocycles. The Bertz CT molecular complexity index is 2120. The van der Waals surface area contributed by atoms with E-state index >= 15 is 0 Å². The molecular weight excluding hydrogens is 1000 g/mol. The summed E-state index contributed by atoms with van der Waals surface area (Å²) in [6, 6.07) is 5.69. The number of nitrogens with zero attached hydrogens (tertiary/aromatic N) is 5. The third-order valence-corrected chi connectivity index (χ3v) is 17.3. The molecule has 4 fully saturated rings. The summed E-state index contributed by atoms with van der Waals surface area (Å²) in [5.74, 6) is -2.12. The Morgan fingerprint density at radius 1 is 0.961 bits per heavy atom. The van der Waals surface area contributed by atoms with Crippen molar-refractivity contribution in [3.05, 3.63) is 41.7 Å². The van der Waals surface area contributed by atoms with Crippen LogP contribution >= 0.6 is 0 Å². The van der Waals surface area contributed by atoms with Crippen LogP contribution in [0.5, 0.6) is 5.75 Å². The largest absolute Gasteiger partial charge is 0.490 e. The maximum absolute atomic E-state index is 14.9. The molecule has 77 heavy (non-hydrogen) atoms. The zero-order valence-electron chi connectivity index (χ0n) is 48.3. The van der Waals surface area contributed by atoms with Gasteiger partial charge in [0.15, 0.2) is 12.6 Å². The van der Waals surface area contributed by atoms with Gasteiger partial charge >= 0.3 is 5.97 Å². The van der Waals surface area contributed by atoms with Gasteiger partial charge in [-0.25, -0.2) is 9.07 Å². The molecular formula is C56H95FN6O14. The van der Waals surface area contributed by atoms with Crippen molar-refractivity contribution in [2.24, 2.45) is 17.8 Å². The number of carbonyl (C=O) groups is 1. The number of alkyl halides is 1. The van der Waals surface area contributed by atoms with Crippen molar-refractivity contribution < 1.29 is 72.6 Å². The van der Waals surface area contributed by atoms with E-state index in [-0.39, 0.29) is 31.3 Å². The lowest BCUT2D eigenvalue weighted by Gasteiger charge is -2.49. The summed E-state index contributed by atoms with van der Waals surface area (Å²) < 4.78 is 66.9. The molecule has 6 N–H and O–H groups in total. The molecule has 1 aromatic heterocycles. The quantitative estimate of drug-likeness (QED) is 0.122. The highest BCUT2D eigenvalue weighted by Gasteiger charge is 2.53. The predicted molar refractivity (Wildman–Crippen MR) is 285 cm³/mol. The standard InChI is InChI=1S/C56H95FN6O14/c1-15-44-56(10,69)49(65)36(6)62(12)30-32(2)27-54(8,68)51(34(4)47(35(5)52(67)75-44)76-45-28-55(9,71-14)50(66)37(7)73-45)77-53-46(64)42(26-33(3)72-53)61(11)25-22-39-31-63(60-59-39)43(29-57)48(70-13)38-16-18-40(19-17-38)74-41-20-23-58-24-21-41/h16-19,31-37,41-51,53,58,64-66,68-69H,15,20-30H2,1-14H3/t32-,33-,34+,35-,36-,37+,42+,43-,44-,45+,46-,47+,48-,49-,50+,51-,53+,54-,55-,56-/m1/s1. The van der Waals surface area contributed by atoms with Crippen molar-refractivity contribution in [1.82, 2.24) is 30.1 Å². The van der Waals surface area contributed by atoms with Gasteiger partial charge in [-0.1, -0.05) is 38.1 Å². The number of likely N-dealkylation sites (N-methyl/N-ethyl adjacent to an activating group) is 2. The number of piperidine rings is 1.